The van der Waals surface area contributed by atoms with E-state index in [0.29, 0.717) is 25.7 Å². The summed E-state index contributed by atoms with van der Waals surface area (Å²) in [5, 5.41) is 10.5. The molecule has 23 heavy (non-hydrogen) atoms. The van der Waals surface area contributed by atoms with Crippen LogP contribution < -0.4 is 5.73 Å². The molecule has 2 heterocycles. The highest BCUT2D eigenvalue weighted by Gasteiger charge is 2.41. The lowest BCUT2D eigenvalue weighted by molar-refractivity contribution is -0.185. The molecular formula is C19H24N2O2. The van der Waals surface area contributed by atoms with E-state index in [1.54, 1.807) is 0 Å². The van der Waals surface area contributed by atoms with E-state index in [1.807, 2.05) is 0 Å². The van der Waals surface area contributed by atoms with Crippen molar-refractivity contribution in [3.63, 3.8) is 0 Å². The van der Waals surface area contributed by atoms with Gasteiger partial charge in [0.05, 0.1) is 19.8 Å². The van der Waals surface area contributed by atoms with Crippen molar-refractivity contribution in [2.45, 2.75) is 43.9 Å². The molecule has 0 spiro atoms. The van der Waals surface area contributed by atoms with E-state index in [-0.39, 0.29) is 6.04 Å². The maximum absolute atomic E-state index is 10.5. The second-order valence-electron chi connectivity index (χ2n) is 7.90. The molecule has 2 fully saturated rings. The summed E-state index contributed by atoms with van der Waals surface area (Å²) in [7, 11) is 0. The Labute approximate surface area is 136 Å². The summed E-state index contributed by atoms with van der Waals surface area (Å²) in [5.74, 6) is 0.684. The molecule has 2 aliphatic carbocycles. The first-order valence-corrected chi connectivity index (χ1v) is 8.77. The van der Waals surface area contributed by atoms with E-state index < -0.39 is 5.60 Å². The van der Waals surface area contributed by atoms with Gasteiger partial charge in [-0.05, 0) is 59.9 Å². The third-order valence-electron chi connectivity index (χ3n) is 5.68. The van der Waals surface area contributed by atoms with E-state index in [9.17, 15) is 5.11 Å². The van der Waals surface area contributed by atoms with Crippen LogP contribution in [0.2, 0.25) is 0 Å². The Balaban J connectivity index is 1.49. The van der Waals surface area contributed by atoms with E-state index in [1.165, 1.54) is 40.8 Å². The van der Waals surface area contributed by atoms with E-state index >= 15 is 0 Å². The van der Waals surface area contributed by atoms with Crippen molar-refractivity contribution in [1.82, 2.24) is 4.90 Å². The van der Waals surface area contributed by atoms with Gasteiger partial charge in [0.2, 0.25) is 0 Å². The predicted octanol–water partition coefficient (Wildman–Crippen LogP) is 1.44. The molecule has 1 saturated carbocycles. The van der Waals surface area contributed by atoms with Crippen LogP contribution in [0, 0.1) is 5.92 Å². The van der Waals surface area contributed by atoms with Crippen molar-refractivity contribution in [2.75, 3.05) is 19.8 Å². The van der Waals surface area contributed by atoms with E-state index in [0.717, 1.165) is 19.4 Å². The zero-order chi connectivity index (χ0) is 15.6. The quantitative estimate of drug-likeness (QED) is 0.887. The van der Waals surface area contributed by atoms with Crippen molar-refractivity contribution in [1.29, 1.82) is 0 Å². The zero-order valence-corrected chi connectivity index (χ0v) is 13.4. The van der Waals surface area contributed by atoms with Crippen LogP contribution in [0.5, 0.6) is 0 Å². The first-order chi connectivity index (χ1) is 11.1. The number of nitrogens with two attached hydrogens (primary N) is 1. The molecule has 1 aromatic carbocycles. The molecule has 4 nitrogen and oxygen atoms in total. The smallest absolute Gasteiger partial charge is 0.128 e. The van der Waals surface area contributed by atoms with Gasteiger partial charge < -0.3 is 20.5 Å². The Bertz CT molecular complexity index is 689. The number of allylic oxidation sites excluding steroid dienone is 1. The third kappa shape index (κ3) is 2.40. The van der Waals surface area contributed by atoms with Crippen molar-refractivity contribution in [2.24, 2.45) is 11.7 Å². The van der Waals surface area contributed by atoms with Crippen LogP contribution in [0.25, 0.3) is 6.08 Å². The van der Waals surface area contributed by atoms with Crippen LogP contribution in [0.15, 0.2) is 17.8 Å². The van der Waals surface area contributed by atoms with E-state index in [2.05, 4.69) is 23.1 Å². The maximum Gasteiger partial charge on any atom is 0.128 e. The van der Waals surface area contributed by atoms with Gasteiger partial charge in [-0.3, -0.25) is 0 Å². The first-order valence-electron chi connectivity index (χ1n) is 8.77. The zero-order valence-electron chi connectivity index (χ0n) is 13.4. The van der Waals surface area contributed by atoms with Crippen molar-refractivity contribution in [3.8, 4) is 0 Å². The summed E-state index contributed by atoms with van der Waals surface area (Å²) in [6.45, 7) is 2.52. The second-order valence-corrected chi connectivity index (χ2v) is 7.90. The largest absolute Gasteiger partial charge is 0.383 e. The van der Waals surface area contributed by atoms with Gasteiger partial charge in [-0.1, -0.05) is 12.1 Å². The van der Waals surface area contributed by atoms with Gasteiger partial charge in [-0.15, -0.1) is 0 Å². The minimum Gasteiger partial charge on any atom is -0.383 e. The molecule has 3 N–H and O–H groups in total. The van der Waals surface area contributed by atoms with Crippen molar-refractivity contribution in [3.05, 3.63) is 40.1 Å². The summed E-state index contributed by atoms with van der Waals surface area (Å²) in [6, 6.07) is 4.99. The van der Waals surface area contributed by atoms with Gasteiger partial charge >= 0.3 is 0 Å². The summed E-state index contributed by atoms with van der Waals surface area (Å²) in [6.07, 6.45) is 6.93. The number of benzene rings is 1. The van der Waals surface area contributed by atoms with Crippen LogP contribution in [-0.2, 0) is 24.1 Å². The maximum atomic E-state index is 10.5. The molecule has 0 radical (unpaired) electrons. The minimum absolute atomic E-state index is 0.282. The summed E-state index contributed by atoms with van der Waals surface area (Å²) in [4.78, 5) is 2.39. The normalized spacial score (nSPS) is 28.0. The lowest BCUT2D eigenvalue weighted by Crippen LogP contribution is -2.57. The van der Waals surface area contributed by atoms with Gasteiger partial charge in [0.15, 0.2) is 0 Å². The Morgan fingerprint density at radius 1 is 1.17 bits per heavy atom. The highest BCUT2D eigenvalue weighted by atomic mass is 16.5. The first kappa shape index (κ1) is 14.0. The number of rotatable bonds is 3. The highest BCUT2D eigenvalue weighted by molar-refractivity contribution is 5.62. The Kier molecular flexibility index (Phi) is 2.94. The molecule has 5 rings (SSSR count). The average Bonchev–Trinajstić information content (AvgIpc) is 3.25. The third-order valence-corrected chi connectivity index (χ3v) is 5.68. The predicted molar refractivity (Wildman–Crippen MR) is 88.7 cm³/mol. The SMILES string of the molecule is NC1Cc2cc3c(cc2C1)CN(CC1(O)COC1)C(C1CC1)=C3. The monoisotopic (exact) mass is 312 g/mol. The number of ether oxygens (including phenoxy) is 1. The number of hydrogen-bond donors (Lipinski definition) is 2. The lowest BCUT2D eigenvalue weighted by atomic mass is 9.93. The molecule has 1 atom stereocenters. The Morgan fingerprint density at radius 2 is 1.91 bits per heavy atom. The van der Waals surface area contributed by atoms with Gasteiger partial charge in [0.25, 0.3) is 0 Å². The molecule has 1 saturated heterocycles. The van der Waals surface area contributed by atoms with Crippen LogP contribution in [0.3, 0.4) is 0 Å². The lowest BCUT2D eigenvalue weighted by Gasteiger charge is -2.43. The fourth-order valence-corrected chi connectivity index (χ4v) is 4.28. The van der Waals surface area contributed by atoms with Gasteiger partial charge in [-0.2, -0.15) is 0 Å². The molecule has 2 aliphatic heterocycles. The molecule has 4 aliphatic rings. The topological polar surface area (TPSA) is 58.7 Å². The second kappa shape index (κ2) is 4.82. The molecule has 0 amide bonds. The molecule has 122 valence electrons. The summed E-state index contributed by atoms with van der Waals surface area (Å²) in [5.41, 5.74) is 12.5. The van der Waals surface area contributed by atoms with Crippen LogP contribution in [0.1, 0.15) is 35.1 Å². The highest BCUT2D eigenvalue weighted by Crippen LogP contribution is 2.43. The van der Waals surface area contributed by atoms with Crippen LogP contribution in [-0.4, -0.2) is 41.4 Å². The molecule has 4 heteroatoms. The van der Waals surface area contributed by atoms with Crippen LogP contribution >= 0.6 is 0 Å². The Hall–Kier alpha value is -1.36. The number of β-amino-alcohol motifs (C(OH)–C–C–N with tert-alkyl or cyclic N) is 1. The number of fused-ring (bicyclic) bond motifs is 2. The minimum atomic E-state index is -0.662. The van der Waals surface area contributed by atoms with Gasteiger partial charge in [0.1, 0.15) is 5.60 Å². The number of nitrogens with zero attached hydrogens (tertiary/aromatic N) is 1. The van der Waals surface area contributed by atoms with Gasteiger partial charge in [-0.25, -0.2) is 0 Å². The molecule has 1 aromatic rings. The summed E-state index contributed by atoms with van der Waals surface area (Å²) < 4.78 is 5.22. The Morgan fingerprint density at radius 3 is 2.57 bits per heavy atom. The van der Waals surface area contributed by atoms with Crippen LogP contribution in [0.4, 0.5) is 0 Å². The number of hydrogen-bond acceptors (Lipinski definition) is 4. The molecule has 0 bridgehead atoms. The molecule has 0 aromatic heterocycles. The molecular weight excluding hydrogens is 288 g/mol. The fraction of sp³-hybridized carbons (Fsp3) is 0.579. The molecule has 1 unspecified atom stereocenters. The van der Waals surface area contributed by atoms with Gasteiger partial charge in [0, 0.05) is 18.3 Å². The van der Waals surface area contributed by atoms with E-state index in [4.69, 9.17) is 10.5 Å². The van der Waals surface area contributed by atoms with Crippen molar-refractivity contribution < 1.29 is 9.84 Å². The fourth-order valence-electron chi connectivity index (χ4n) is 4.28. The standard InChI is InChI=1S/C19H24N2O2/c20-17-5-13-3-15-7-18(12-1-2-12)21(9-19(22)10-23-11-19)8-16(15)4-14(13)6-17/h3-4,7,12,17,22H,1-2,5-6,8-11,20H2. The number of aliphatic hydroxyl groups is 1. The van der Waals surface area contributed by atoms with Crippen molar-refractivity contribution >= 4 is 6.08 Å². The summed E-state index contributed by atoms with van der Waals surface area (Å²) >= 11 is 0. The average molecular weight is 312 g/mol.